The van der Waals surface area contributed by atoms with Crippen molar-refractivity contribution in [1.29, 1.82) is 0 Å². The molecule has 0 unspecified atom stereocenters. The molecule has 3 rings (SSSR count). The summed E-state index contributed by atoms with van der Waals surface area (Å²) in [5.41, 5.74) is 3.96. The second-order valence-electron chi connectivity index (χ2n) is 9.51. The molecule has 1 atom stereocenters. The van der Waals surface area contributed by atoms with E-state index in [-0.39, 0.29) is 5.41 Å². The van der Waals surface area contributed by atoms with Crippen molar-refractivity contribution in [2.45, 2.75) is 63.8 Å². The molecule has 0 aliphatic carbocycles. The van der Waals surface area contributed by atoms with Gasteiger partial charge in [0, 0.05) is 32.7 Å². The third-order valence-corrected chi connectivity index (χ3v) is 8.17. The number of hydrogen-bond acceptors (Lipinski definition) is 3. The summed E-state index contributed by atoms with van der Waals surface area (Å²) in [5.74, 6) is 0.447. The minimum Gasteiger partial charge on any atom is -0.296 e. The summed E-state index contributed by atoms with van der Waals surface area (Å²) in [5, 5.41) is 0. The van der Waals surface area contributed by atoms with Crippen molar-refractivity contribution >= 4 is 10.0 Å². The molecular weight excluding hydrogens is 392 g/mol. The number of nitrogens with zero attached hydrogens (tertiary/aromatic N) is 2. The molecule has 2 aromatic carbocycles. The third kappa shape index (κ3) is 5.32. The topological polar surface area (TPSA) is 40.6 Å². The van der Waals surface area contributed by atoms with Gasteiger partial charge in [0.05, 0.1) is 4.90 Å². The first-order valence-corrected chi connectivity index (χ1v) is 12.5. The van der Waals surface area contributed by atoms with E-state index in [0.29, 0.717) is 23.9 Å². The lowest BCUT2D eigenvalue weighted by Crippen LogP contribution is -2.48. The highest BCUT2D eigenvalue weighted by molar-refractivity contribution is 7.89. The SMILES string of the molecule is CC[C@@H](C)c1ccc(S(=O)(=O)N2CCN(Cc3ccc(C(C)(C)C)cc3)CC2)cc1. The van der Waals surface area contributed by atoms with Gasteiger partial charge >= 0.3 is 0 Å². The van der Waals surface area contributed by atoms with E-state index >= 15 is 0 Å². The standard InChI is InChI=1S/C25H36N2O2S/c1-6-20(2)22-9-13-24(14-10-22)30(28,29)27-17-15-26(16-18-27)19-21-7-11-23(12-8-21)25(3,4)5/h7-14,20H,6,15-19H2,1-5H3/t20-/m1/s1. The van der Waals surface area contributed by atoms with Crippen molar-refractivity contribution < 1.29 is 8.42 Å². The third-order valence-electron chi connectivity index (χ3n) is 6.26. The molecule has 1 fully saturated rings. The van der Waals surface area contributed by atoms with Gasteiger partial charge in [0.25, 0.3) is 0 Å². The monoisotopic (exact) mass is 428 g/mol. The summed E-state index contributed by atoms with van der Waals surface area (Å²) < 4.78 is 27.7. The lowest BCUT2D eigenvalue weighted by atomic mass is 9.87. The predicted octanol–water partition coefficient (Wildman–Crippen LogP) is 5.00. The summed E-state index contributed by atoms with van der Waals surface area (Å²) in [6, 6.07) is 16.3. The fraction of sp³-hybridized carbons (Fsp3) is 0.520. The van der Waals surface area contributed by atoms with E-state index < -0.39 is 10.0 Å². The summed E-state index contributed by atoms with van der Waals surface area (Å²) >= 11 is 0. The van der Waals surface area contributed by atoms with Crippen LogP contribution in [-0.2, 0) is 22.0 Å². The van der Waals surface area contributed by atoms with Crippen LogP contribution in [0.1, 0.15) is 63.6 Å². The summed E-state index contributed by atoms with van der Waals surface area (Å²) in [6.45, 7) is 14.4. The molecule has 164 valence electrons. The van der Waals surface area contributed by atoms with E-state index in [4.69, 9.17) is 0 Å². The number of sulfonamides is 1. The molecule has 0 bridgehead atoms. The van der Waals surface area contributed by atoms with Crippen LogP contribution < -0.4 is 0 Å². The first-order valence-electron chi connectivity index (χ1n) is 11.0. The highest BCUT2D eigenvalue weighted by atomic mass is 32.2. The molecule has 2 aromatic rings. The van der Waals surface area contributed by atoms with Crippen LogP contribution in [0.15, 0.2) is 53.4 Å². The zero-order valence-electron chi connectivity index (χ0n) is 19.1. The normalized spacial score (nSPS) is 17.8. The molecule has 1 aliphatic rings. The van der Waals surface area contributed by atoms with E-state index in [1.165, 1.54) is 16.7 Å². The largest absolute Gasteiger partial charge is 0.296 e. The maximum atomic E-state index is 13.0. The Hall–Kier alpha value is -1.69. The van der Waals surface area contributed by atoms with Gasteiger partial charge in [-0.2, -0.15) is 4.31 Å². The van der Waals surface area contributed by atoms with Gasteiger partial charge in [-0.3, -0.25) is 4.90 Å². The van der Waals surface area contributed by atoms with Gasteiger partial charge in [-0.1, -0.05) is 71.0 Å². The van der Waals surface area contributed by atoms with Crippen molar-refractivity contribution in [2.24, 2.45) is 0 Å². The van der Waals surface area contributed by atoms with Gasteiger partial charge < -0.3 is 0 Å². The van der Waals surface area contributed by atoms with Crippen LogP contribution in [-0.4, -0.2) is 43.8 Å². The number of hydrogen-bond donors (Lipinski definition) is 0. The Morgan fingerprint density at radius 2 is 1.47 bits per heavy atom. The predicted molar refractivity (Wildman–Crippen MR) is 124 cm³/mol. The summed E-state index contributed by atoms with van der Waals surface area (Å²) in [6.07, 6.45) is 1.05. The van der Waals surface area contributed by atoms with Crippen LogP contribution in [0.4, 0.5) is 0 Å². The van der Waals surface area contributed by atoms with Gasteiger partial charge in [0.1, 0.15) is 0 Å². The van der Waals surface area contributed by atoms with Crippen LogP contribution in [0.3, 0.4) is 0 Å². The maximum Gasteiger partial charge on any atom is 0.243 e. The Labute approximate surface area is 183 Å². The average Bonchev–Trinajstić information content (AvgIpc) is 2.73. The molecule has 0 radical (unpaired) electrons. The van der Waals surface area contributed by atoms with Gasteiger partial charge in [0.15, 0.2) is 0 Å². The van der Waals surface area contributed by atoms with Gasteiger partial charge in [0.2, 0.25) is 10.0 Å². The second-order valence-corrected chi connectivity index (χ2v) is 11.4. The van der Waals surface area contributed by atoms with Gasteiger partial charge in [-0.15, -0.1) is 0 Å². The maximum absolute atomic E-state index is 13.0. The molecule has 0 spiro atoms. The minimum absolute atomic E-state index is 0.158. The van der Waals surface area contributed by atoms with Crippen molar-refractivity contribution in [3.05, 3.63) is 65.2 Å². The van der Waals surface area contributed by atoms with Crippen molar-refractivity contribution in [3.8, 4) is 0 Å². The van der Waals surface area contributed by atoms with Crippen molar-refractivity contribution in [1.82, 2.24) is 9.21 Å². The summed E-state index contributed by atoms with van der Waals surface area (Å²) in [4.78, 5) is 2.74. The van der Waals surface area contributed by atoms with Crippen LogP contribution in [0.25, 0.3) is 0 Å². The lowest BCUT2D eigenvalue weighted by molar-refractivity contribution is 0.181. The van der Waals surface area contributed by atoms with Gasteiger partial charge in [-0.25, -0.2) is 8.42 Å². The summed E-state index contributed by atoms with van der Waals surface area (Å²) in [7, 11) is -3.42. The number of benzene rings is 2. The van der Waals surface area contributed by atoms with Crippen LogP contribution in [0.5, 0.6) is 0 Å². The lowest BCUT2D eigenvalue weighted by Gasteiger charge is -2.34. The van der Waals surface area contributed by atoms with E-state index in [1.807, 2.05) is 12.1 Å². The highest BCUT2D eigenvalue weighted by Crippen LogP contribution is 2.24. The Bertz CT molecular complexity index is 921. The molecule has 0 saturated carbocycles. The molecular formula is C25H36N2O2S. The minimum atomic E-state index is -3.42. The van der Waals surface area contributed by atoms with Crippen molar-refractivity contribution in [2.75, 3.05) is 26.2 Å². The van der Waals surface area contributed by atoms with E-state index in [1.54, 1.807) is 16.4 Å². The van der Waals surface area contributed by atoms with E-state index in [2.05, 4.69) is 63.8 Å². The zero-order valence-corrected chi connectivity index (χ0v) is 19.9. The van der Waals surface area contributed by atoms with E-state index in [0.717, 1.165) is 26.1 Å². The molecule has 1 saturated heterocycles. The van der Waals surface area contributed by atoms with Crippen LogP contribution >= 0.6 is 0 Å². The second kappa shape index (κ2) is 9.21. The molecule has 0 N–H and O–H groups in total. The first kappa shape index (κ1) is 23.0. The van der Waals surface area contributed by atoms with Crippen LogP contribution in [0, 0.1) is 0 Å². The molecule has 1 heterocycles. The number of piperazine rings is 1. The Balaban J connectivity index is 1.59. The van der Waals surface area contributed by atoms with E-state index in [9.17, 15) is 8.42 Å². The fourth-order valence-electron chi connectivity index (χ4n) is 3.85. The molecule has 0 aromatic heterocycles. The molecule has 4 nitrogen and oxygen atoms in total. The van der Waals surface area contributed by atoms with Crippen LogP contribution in [0.2, 0.25) is 0 Å². The smallest absolute Gasteiger partial charge is 0.243 e. The first-order chi connectivity index (χ1) is 14.1. The average molecular weight is 429 g/mol. The quantitative estimate of drug-likeness (QED) is 0.650. The molecule has 1 aliphatic heterocycles. The number of rotatable bonds is 6. The fourth-order valence-corrected chi connectivity index (χ4v) is 5.27. The molecule has 5 heteroatoms. The zero-order chi connectivity index (χ0) is 21.9. The Morgan fingerprint density at radius 3 is 1.97 bits per heavy atom. The Morgan fingerprint density at radius 1 is 0.900 bits per heavy atom. The molecule has 0 amide bonds. The van der Waals surface area contributed by atoms with Gasteiger partial charge in [-0.05, 0) is 46.6 Å². The Kier molecular flexibility index (Phi) is 7.05. The highest BCUT2D eigenvalue weighted by Gasteiger charge is 2.28. The molecule has 30 heavy (non-hydrogen) atoms. The van der Waals surface area contributed by atoms with Crippen molar-refractivity contribution in [3.63, 3.8) is 0 Å².